The SMILES string of the molecule is COOC=N[C@H](C(=O)N1CCC[C@H]1c1ncc(-c2ccc(C#Cc3cc4[nH]c([C@@H]5CCCN5C(=O)[C@@H](NC(=O)OC)C(C)C)nc4cc3OC)cc2)[nH]1)C(C)C. The van der Waals surface area contributed by atoms with Crippen LogP contribution < -0.4 is 10.1 Å². The molecule has 4 heterocycles. The highest BCUT2D eigenvalue weighted by Gasteiger charge is 2.38. The lowest BCUT2D eigenvalue weighted by molar-refractivity contribution is -0.188. The summed E-state index contributed by atoms with van der Waals surface area (Å²) < 4.78 is 10.5. The summed E-state index contributed by atoms with van der Waals surface area (Å²) in [6.45, 7) is 8.88. The molecule has 296 valence electrons. The van der Waals surface area contributed by atoms with Crippen LogP contribution in [-0.4, -0.2) is 101 Å². The van der Waals surface area contributed by atoms with Gasteiger partial charge in [0.15, 0.2) is 0 Å². The maximum atomic E-state index is 13.6. The van der Waals surface area contributed by atoms with Crippen LogP contribution in [0.1, 0.15) is 88.2 Å². The van der Waals surface area contributed by atoms with E-state index in [1.54, 1.807) is 18.2 Å². The summed E-state index contributed by atoms with van der Waals surface area (Å²) in [5.74, 6) is 8.12. The van der Waals surface area contributed by atoms with Gasteiger partial charge < -0.3 is 39.4 Å². The zero-order chi connectivity index (χ0) is 39.9. The van der Waals surface area contributed by atoms with E-state index in [1.165, 1.54) is 20.6 Å². The largest absolute Gasteiger partial charge is 0.495 e. The number of benzene rings is 2. The van der Waals surface area contributed by atoms with E-state index < -0.39 is 18.2 Å². The fourth-order valence-corrected chi connectivity index (χ4v) is 7.34. The number of aromatic nitrogens is 4. The molecule has 2 aromatic heterocycles. The molecule has 3 N–H and O–H groups in total. The normalized spacial score (nSPS) is 18.0. The summed E-state index contributed by atoms with van der Waals surface area (Å²) in [5, 5.41) is 2.69. The third kappa shape index (κ3) is 8.65. The van der Waals surface area contributed by atoms with Gasteiger partial charge in [0.05, 0.1) is 61.9 Å². The highest BCUT2D eigenvalue weighted by atomic mass is 17.2. The lowest BCUT2D eigenvalue weighted by atomic mass is 10.0. The van der Waals surface area contributed by atoms with E-state index in [0.717, 1.165) is 53.8 Å². The smallest absolute Gasteiger partial charge is 0.407 e. The number of methoxy groups -OCH3 is 2. The average molecular weight is 767 g/mol. The van der Waals surface area contributed by atoms with E-state index in [1.807, 2.05) is 69.0 Å². The average Bonchev–Trinajstić information content (AvgIpc) is 4.03. The molecule has 56 heavy (non-hydrogen) atoms. The van der Waals surface area contributed by atoms with E-state index in [0.29, 0.717) is 35.7 Å². The molecule has 15 heteroatoms. The summed E-state index contributed by atoms with van der Waals surface area (Å²) in [4.78, 5) is 72.9. The lowest BCUT2D eigenvalue weighted by Crippen LogP contribution is -2.51. The molecule has 0 radical (unpaired) electrons. The number of imidazole rings is 2. The highest BCUT2D eigenvalue weighted by Crippen LogP contribution is 2.35. The topological polar surface area (TPSA) is 176 Å². The molecule has 2 aromatic carbocycles. The van der Waals surface area contributed by atoms with E-state index in [2.05, 4.69) is 42.0 Å². The first kappa shape index (κ1) is 39.8. The number of hydrogen-bond donors (Lipinski definition) is 3. The summed E-state index contributed by atoms with van der Waals surface area (Å²) in [6, 6.07) is 9.89. The minimum absolute atomic E-state index is 0.0222. The maximum Gasteiger partial charge on any atom is 0.407 e. The number of rotatable bonds is 12. The number of H-pyrrole nitrogens is 2. The number of ether oxygens (including phenoxy) is 2. The van der Waals surface area contributed by atoms with Crippen molar-refractivity contribution in [1.82, 2.24) is 35.1 Å². The number of alkyl carbamates (subject to hydrolysis) is 1. The molecule has 0 bridgehead atoms. The fourth-order valence-electron chi connectivity index (χ4n) is 7.34. The molecule has 0 aliphatic carbocycles. The molecule has 2 fully saturated rings. The predicted molar refractivity (Wildman–Crippen MR) is 209 cm³/mol. The van der Waals surface area contributed by atoms with E-state index >= 15 is 0 Å². The third-order valence-electron chi connectivity index (χ3n) is 10.3. The van der Waals surface area contributed by atoms with Crippen molar-refractivity contribution in [3.8, 4) is 28.8 Å². The number of hydrogen-bond acceptors (Lipinski definition) is 10. The molecule has 0 unspecified atom stereocenters. The number of amides is 3. The van der Waals surface area contributed by atoms with Gasteiger partial charge in [0.1, 0.15) is 29.5 Å². The number of carbonyl (C=O) groups excluding carboxylic acids is 3. The zero-order valence-electron chi connectivity index (χ0n) is 32.9. The monoisotopic (exact) mass is 766 g/mol. The van der Waals surface area contributed by atoms with Crippen molar-refractivity contribution in [2.24, 2.45) is 16.8 Å². The standard InChI is InChI=1S/C41H50N8O7/c1-24(2)35(43-23-56-55-7)39(50)48-18-8-10-32(48)37-42-22-31(46-37)27-15-12-26(13-16-27)14-17-28-20-29-30(21-34(28)53-5)45-38(44-29)33-11-9-19-49(33)40(51)36(25(3)4)47-41(52)54-6/h12-13,15-16,20-25,32-33,35-36H,8-11,18-19H2,1-7H3,(H,42,46)(H,44,45)(H,47,52)/t32-,33-,35-,36-/m0/s1. The summed E-state index contributed by atoms with van der Waals surface area (Å²) >= 11 is 0. The van der Waals surface area contributed by atoms with Crippen molar-refractivity contribution in [2.75, 3.05) is 34.4 Å². The van der Waals surface area contributed by atoms with Gasteiger partial charge in [0.25, 0.3) is 0 Å². The Morgan fingerprint density at radius 2 is 1.61 bits per heavy atom. The van der Waals surface area contributed by atoms with E-state index in [-0.39, 0.29) is 35.7 Å². The molecule has 2 aliphatic heterocycles. The summed E-state index contributed by atoms with van der Waals surface area (Å²) in [6.07, 6.45) is 5.57. The van der Waals surface area contributed by atoms with Gasteiger partial charge in [-0.25, -0.2) is 19.8 Å². The molecule has 3 amide bonds. The number of aliphatic imine (C=N–C) groups is 1. The molecule has 2 saturated heterocycles. The molecular weight excluding hydrogens is 716 g/mol. The quantitative estimate of drug-likeness (QED) is 0.0537. The van der Waals surface area contributed by atoms with Crippen molar-refractivity contribution < 1.29 is 33.6 Å². The Morgan fingerprint density at radius 1 is 0.911 bits per heavy atom. The Bertz CT molecular complexity index is 2110. The molecule has 0 saturated carbocycles. The second kappa shape index (κ2) is 17.7. The van der Waals surface area contributed by atoms with Crippen molar-refractivity contribution in [3.05, 3.63) is 65.4 Å². The maximum absolute atomic E-state index is 13.6. The van der Waals surface area contributed by atoms with Gasteiger partial charge >= 0.3 is 6.09 Å². The van der Waals surface area contributed by atoms with Gasteiger partial charge in [-0.15, -0.1) is 0 Å². The van der Waals surface area contributed by atoms with Crippen LogP contribution >= 0.6 is 0 Å². The number of nitrogens with zero attached hydrogens (tertiary/aromatic N) is 5. The Labute approximate surface area is 326 Å². The van der Waals surface area contributed by atoms with Gasteiger partial charge in [-0.1, -0.05) is 51.7 Å². The van der Waals surface area contributed by atoms with Gasteiger partial charge in [-0.05, 0) is 61.3 Å². The number of likely N-dealkylation sites (tertiary alicyclic amines) is 2. The summed E-state index contributed by atoms with van der Waals surface area (Å²) in [5.41, 5.74) is 4.76. The van der Waals surface area contributed by atoms with E-state index in [4.69, 9.17) is 19.3 Å². The third-order valence-corrected chi connectivity index (χ3v) is 10.3. The van der Waals surface area contributed by atoms with Crippen molar-refractivity contribution in [2.45, 2.75) is 77.5 Å². The number of aromatic amines is 2. The van der Waals surface area contributed by atoms with E-state index in [9.17, 15) is 14.4 Å². The van der Waals surface area contributed by atoms with Crippen molar-refractivity contribution in [3.63, 3.8) is 0 Å². The molecule has 15 nitrogen and oxygen atoms in total. The Hall–Kier alpha value is -5.88. The van der Waals surface area contributed by atoms with Crippen LogP contribution in [0.15, 0.2) is 47.6 Å². The number of fused-ring (bicyclic) bond motifs is 1. The first-order valence-corrected chi connectivity index (χ1v) is 18.9. The minimum Gasteiger partial charge on any atom is -0.495 e. The van der Waals surface area contributed by atoms with Gasteiger partial charge in [-0.3, -0.25) is 9.59 Å². The van der Waals surface area contributed by atoms with Crippen LogP contribution in [0.4, 0.5) is 4.79 Å². The van der Waals surface area contributed by atoms with Crippen LogP contribution in [0, 0.1) is 23.7 Å². The highest BCUT2D eigenvalue weighted by molar-refractivity contribution is 5.87. The minimum atomic E-state index is -0.716. The summed E-state index contributed by atoms with van der Waals surface area (Å²) in [7, 11) is 4.27. The fraction of sp³-hybridized carbons (Fsp3) is 0.463. The first-order chi connectivity index (χ1) is 27.0. The molecule has 4 aromatic rings. The molecule has 2 aliphatic rings. The first-order valence-electron chi connectivity index (χ1n) is 18.9. The van der Waals surface area contributed by atoms with Crippen LogP contribution in [-0.2, 0) is 24.1 Å². The Morgan fingerprint density at radius 3 is 2.25 bits per heavy atom. The number of carbonyl (C=O) groups is 3. The second-order valence-electron chi connectivity index (χ2n) is 14.6. The Balaban J connectivity index is 1.16. The Kier molecular flexibility index (Phi) is 12.6. The predicted octanol–water partition coefficient (Wildman–Crippen LogP) is 5.70. The molecule has 4 atom stereocenters. The van der Waals surface area contributed by atoms with Gasteiger partial charge in [-0.2, -0.15) is 4.89 Å². The van der Waals surface area contributed by atoms with Gasteiger partial charge in [0.2, 0.25) is 18.2 Å². The van der Waals surface area contributed by atoms with Crippen LogP contribution in [0.3, 0.4) is 0 Å². The van der Waals surface area contributed by atoms with Crippen LogP contribution in [0.25, 0.3) is 22.3 Å². The molecule has 0 spiro atoms. The lowest BCUT2D eigenvalue weighted by Gasteiger charge is -2.29. The van der Waals surface area contributed by atoms with Crippen LogP contribution in [0.2, 0.25) is 0 Å². The molecule has 6 rings (SSSR count). The molecular formula is C41H50N8O7. The van der Waals surface area contributed by atoms with Crippen molar-refractivity contribution >= 4 is 35.3 Å². The van der Waals surface area contributed by atoms with Gasteiger partial charge in [0, 0.05) is 24.7 Å². The number of nitrogens with one attached hydrogen (secondary N) is 3. The van der Waals surface area contributed by atoms with Crippen molar-refractivity contribution in [1.29, 1.82) is 0 Å². The second-order valence-corrected chi connectivity index (χ2v) is 14.6. The van der Waals surface area contributed by atoms with Crippen LogP contribution in [0.5, 0.6) is 5.75 Å². The zero-order valence-corrected chi connectivity index (χ0v) is 32.9.